The zero-order chi connectivity index (χ0) is 14.2. The highest BCUT2D eigenvalue weighted by Gasteiger charge is 2.19. The first-order valence-electron chi connectivity index (χ1n) is 6.19. The topological polar surface area (TPSA) is 81.4 Å². The molecule has 1 heterocycles. The summed E-state index contributed by atoms with van der Waals surface area (Å²) >= 11 is 0. The highest BCUT2D eigenvalue weighted by Crippen LogP contribution is 2.29. The maximum atomic E-state index is 12.3. The predicted molar refractivity (Wildman–Crippen MR) is 77.3 cm³/mol. The molecule has 0 bridgehead atoms. The van der Waals surface area contributed by atoms with Crippen LogP contribution in [-0.4, -0.2) is 15.0 Å². The van der Waals surface area contributed by atoms with Crippen molar-refractivity contribution in [1.29, 1.82) is 0 Å². The van der Waals surface area contributed by atoms with E-state index in [0.29, 0.717) is 18.0 Å². The third kappa shape index (κ3) is 2.30. The third-order valence-corrected chi connectivity index (χ3v) is 4.54. The number of hydrogen-bond donors (Lipinski definition) is 2. The molecule has 1 aliphatic rings. The Bertz CT molecular complexity index is 757. The van der Waals surface area contributed by atoms with Crippen molar-refractivity contribution in [3.63, 3.8) is 0 Å². The smallest absolute Gasteiger partial charge is 0.261 e. The monoisotopic (exact) mass is 290 g/mol. The number of nitrogens with one attached hydrogen (secondary N) is 1. The summed E-state index contributed by atoms with van der Waals surface area (Å²) in [4.78, 5) is 0.213. The van der Waals surface area contributed by atoms with Crippen molar-refractivity contribution >= 4 is 21.4 Å². The van der Waals surface area contributed by atoms with Crippen molar-refractivity contribution in [2.45, 2.75) is 11.3 Å². The number of fused-ring (bicyclic) bond motifs is 1. The molecule has 0 radical (unpaired) electrons. The van der Waals surface area contributed by atoms with Gasteiger partial charge in [-0.3, -0.25) is 4.72 Å². The fourth-order valence-corrected chi connectivity index (χ4v) is 3.26. The average molecular weight is 290 g/mol. The molecule has 3 N–H and O–H groups in total. The maximum Gasteiger partial charge on any atom is 0.261 e. The number of benzene rings is 2. The van der Waals surface area contributed by atoms with E-state index in [0.717, 1.165) is 17.7 Å². The summed E-state index contributed by atoms with van der Waals surface area (Å²) in [7, 11) is -3.64. The van der Waals surface area contributed by atoms with Crippen LogP contribution >= 0.6 is 0 Å². The molecule has 1 aliphatic heterocycles. The van der Waals surface area contributed by atoms with Crippen molar-refractivity contribution in [2.75, 3.05) is 17.1 Å². The molecule has 0 spiro atoms. The molecule has 2 aromatic rings. The van der Waals surface area contributed by atoms with Gasteiger partial charge in [-0.25, -0.2) is 8.42 Å². The van der Waals surface area contributed by atoms with E-state index in [-0.39, 0.29) is 4.90 Å². The second-order valence-electron chi connectivity index (χ2n) is 4.56. The van der Waals surface area contributed by atoms with Gasteiger partial charge in [0.2, 0.25) is 0 Å². The number of nitrogens with two attached hydrogens (primary N) is 1. The summed E-state index contributed by atoms with van der Waals surface area (Å²) in [5.41, 5.74) is 7.43. The Balaban J connectivity index is 1.94. The summed E-state index contributed by atoms with van der Waals surface area (Å²) in [6.45, 7) is 0.595. The lowest BCUT2D eigenvalue weighted by Crippen LogP contribution is -2.14. The normalized spacial score (nSPS) is 13.6. The van der Waals surface area contributed by atoms with E-state index < -0.39 is 10.0 Å². The summed E-state index contributed by atoms with van der Waals surface area (Å²) in [5.74, 6) is 0.753. The van der Waals surface area contributed by atoms with Gasteiger partial charge < -0.3 is 10.5 Å². The molecule has 0 aliphatic carbocycles. The minimum Gasteiger partial charge on any atom is -0.493 e. The molecule has 6 heteroatoms. The molecule has 0 saturated carbocycles. The van der Waals surface area contributed by atoms with Crippen LogP contribution in [0, 0.1) is 0 Å². The predicted octanol–water partition coefficient (Wildman–Crippen LogP) is 2.00. The van der Waals surface area contributed by atoms with E-state index in [1.165, 1.54) is 6.07 Å². The zero-order valence-corrected chi connectivity index (χ0v) is 11.5. The van der Waals surface area contributed by atoms with Gasteiger partial charge in [-0.15, -0.1) is 0 Å². The van der Waals surface area contributed by atoms with E-state index in [1.807, 2.05) is 0 Å². The number of ether oxygens (including phenoxy) is 1. The van der Waals surface area contributed by atoms with Gasteiger partial charge >= 0.3 is 0 Å². The molecular formula is C14H14N2O3S. The first-order valence-corrected chi connectivity index (χ1v) is 7.68. The zero-order valence-electron chi connectivity index (χ0n) is 10.7. The van der Waals surface area contributed by atoms with Gasteiger partial charge in [-0.2, -0.15) is 0 Å². The summed E-state index contributed by atoms with van der Waals surface area (Å²) in [5, 5.41) is 0. The quantitative estimate of drug-likeness (QED) is 0.847. The first-order chi connectivity index (χ1) is 9.56. The van der Waals surface area contributed by atoms with E-state index >= 15 is 0 Å². The second-order valence-corrected chi connectivity index (χ2v) is 6.24. The number of hydrogen-bond acceptors (Lipinski definition) is 4. The Hall–Kier alpha value is -2.21. The SMILES string of the molecule is Nc1ccccc1NS(=O)(=O)c1ccc2c(c1)CCO2. The highest BCUT2D eigenvalue weighted by atomic mass is 32.2. The van der Waals surface area contributed by atoms with E-state index in [1.54, 1.807) is 36.4 Å². The Kier molecular flexibility index (Phi) is 3.02. The van der Waals surface area contributed by atoms with E-state index in [9.17, 15) is 8.42 Å². The first kappa shape index (κ1) is 12.8. The Labute approximate surface area is 117 Å². The fraction of sp³-hybridized carbons (Fsp3) is 0.143. The van der Waals surface area contributed by atoms with Crippen LogP contribution in [0.25, 0.3) is 0 Å². The van der Waals surface area contributed by atoms with Crippen LogP contribution in [0.4, 0.5) is 11.4 Å². The molecule has 0 unspecified atom stereocenters. The van der Waals surface area contributed by atoms with Gasteiger partial charge in [0.05, 0.1) is 22.9 Å². The molecule has 0 amide bonds. The van der Waals surface area contributed by atoms with Crippen LogP contribution in [0.5, 0.6) is 5.75 Å². The van der Waals surface area contributed by atoms with Crippen LogP contribution in [0.15, 0.2) is 47.4 Å². The van der Waals surface area contributed by atoms with Gasteiger partial charge in [0.15, 0.2) is 0 Å². The van der Waals surface area contributed by atoms with E-state index in [2.05, 4.69) is 4.72 Å². The number of sulfonamides is 1. The molecule has 2 aromatic carbocycles. The molecule has 5 nitrogen and oxygen atoms in total. The molecule has 0 aromatic heterocycles. The molecular weight excluding hydrogens is 276 g/mol. The molecule has 3 rings (SSSR count). The standard InChI is InChI=1S/C14H14N2O3S/c15-12-3-1-2-4-13(12)16-20(17,18)11-5-6-14-10(9-11)7-8-19-14/h1-6,9,16H,7-8,15H2. The molecule has 104 valence electrons. The lowest BCUT2D eigenvalue weighted by Gasteiger charge is -2.10. The van der Waals surface area contributed by atoms with Crippen molar-refractivity contribution in [1.82, 2.24) is 0 Å². The molecule has 0 fully saturated rings. The second kappa shape index (κ2) is 4.72. The van der Waals surface area contributed by atoms with Crippen LogP contribution in [0.1, 0.15) is 5.56 Å². The number of nitrogen functional groups attached to an aromatic ring is 1. The number of anilines is 2. The van der Waals surface area contributed by atoms with Gasteiger partial charge in [-0.05, 0) is 35.9 Å². The van der Waals surface area contributed by atoms with Gasteiger partial charge in [-0.1, -0.05) is 12.1 Å². The van der Waals surface area contributed by atoms with Crippen LogP contribution in [-0.2, 0) is 16.4 Å². The average Bonchev–Trinajstić information content (AvgIpc) is 2.88. The maximum absolute atomic E-state index is 12.3. The summed E-state index contributed by atoms with van der Waals surface area (Å²) in [6, 6.07) is 11.6. The lowest BCUT2D eigenvalue weighted by atomic mass is 10.2. The van der Waals surface area contributed by atoms with Crippen LogP contribution in [0.3, 0.4) is 0 Å². The minimum absolute atomic E-state index is 0.213. The van der Waals surface area contributed by atoms with Crippen molar-refractivity contribution in [3.8, 4) is 5.75 Å². The summed E-state index contributed by atoms with van der Waals surface area (Å²) in [6.07, 6.45) is 0.728. The van der Waals surface area contributed by atoms with E-state index in [4.69, 9.17) is 10.5 Å². The Morgan fingerprint density at radius 1 is 1.15 bits per heavy atom. The Morgan fingerprint density at radius 3 is 2.75 bits per heavy atom. The fourth-order valence-electron chi connectivity index (χ4n) is 2.12. The van der Waals surface area contributed by atoms with Crippen molar-refractivity contribution in [2.24, 2.45) is 0 Å². The van der Waals surface area contributed by atoms with Crippen LogP contribution in [0.2, 0.25) is 0 Å². The Morgan fingerprint density at radius 2 is 1.95 bits per heavy atom. The van der Waals surface area contributed by atoms with Crippen molar-refractivity contribution in [3.05, 3.63) is 48.0 Å². The van der Waals surface area contributed by atoms with Crippen LogP contribution < -0.4 is 15.2 Å². The van der Waals surface area contributed by atoms with Crippen molar-refractivity contribution < 1.29 is 13.2 Å². The molecule has 0 atom stereocenters. The number of para-hydroxylation sites is 2. The van der Waals surface area contributed by atoms with Gasteiger partial charge in [0.25, 0.3) is 10.0 Å². The lowest BCUT2D eigenvalue weighted by molar-refractivity contribution is 0.356. The minimum atomic E-state index is -3.64. The van der Waals surface area contributed by atoms with Gasteiger partial charge in [0.1, 0.15) is 5.75 Å². The molecule has 0 saturated heterocycles. The number of rotatable bonds is 3. The van der Waals surface area contributed by atoms with Gasteiger partial charge in [0, 0.05) is 6.42 Å². The third-order valence-electron chi connectivity index (χ3n) is 3.18. The largest absolute Gasteiger partial charge is 0.493 e. The summed E-state index contributed by atoms with van der Waals surface area (Å²) < 4.78 is 32.6. The highest BCUT2D eigenvalue weighted by molar-refractivity contribution is 7.92. The molecule has 20 heavy (non-hydrogen) atoms.